The first-order chi connectivity index (χ1) is 10.7. The number of nitrogens with one attached hydrogen (secondary N) is 1. The Morgan fingerprint density at radius 3 is 2.35 bits per heavy atom. The van der Waals surface area contributed by atoms with Crippen LogP contribution in [0, 0.1) is 11.6 Å². The van der Waals surface area contributed by atoms with E-state index in [1.165, 1.54) is 12.1 Å². The van der Waals surface area contributed by atoms with Gasteiger partial charge in [-0.15, -0.1) is 0 Å². The van der Waals surface area contributed by atoms with Crippen LogP contribution >= 0.6 is 11.6 Å². The average molecular weight is 350 g/mol. The zero-order valence-electron chi connectivity index (χ0n) is 11.3. The number of halogens is 6. The molecule has 1 amide bonds. The highest BCUT2D eigenvalue weighted by Gasteiger charge is 2.31. The predicted molar refractivity (Wildman–Crippen MR) is 75.1 cm³/mol. The molecule has 1 N–H and O–H groups in total. The summed E-state index contributed by atoms with van der Waals surface area (Å²) < 4.78 is 64.5. The summed E-state index contributed by atoms with van der Waals surface area (Å²) >= 11 is 5.50. The second-order valence-electron chi connectivity index (χ2n) is 4.67. The van der Waals surface area contributed by atoms with Gasteiger partial charge in [0.2, 0.25) is 5.91 Å². The van der Waals surface area contributed by atoms with Gasteiger partial charge in [-0.1, -0.05) is 17.7 Å². The van der Waals surface area contributed by atoms with Gasteiger partial charge in [0.1, 0.15) is 11.6 Å². The number of rotatable bonds is 3. The van der Waals surface area contributed by atoms with Gasteiger partial charge in [0, 0.05) is 0 Å². The van der Waals surface area contributed by atoms with E-state index in [1.54, 1.807) is 0 Å². The highest BCUT2D eigenvalue weighted by Crippen LogP contribution is 2.31. The van der Waals surface area contributed by atoms with E-state index in [1.807, 2.05) is 5.32 Å². The maximum absolute atomic E-state index is 13.5. The fraction of sp³-hybridized carbons (Fsp3) is 0.133. The summed E-state index contributed by atoms with van der Waals surface area (Å²) in [6.45, 7) is 0. The van der Waals surface area contributed by atoms with Crippen molar-refractivity contribution in [3.8, 4) is 0 Å². The number of hydrogen-bond donors (Lipinski definition) is 1. The topological polar surface area (TPSA) is 29.1 Å². The molecule has 0 unspecified atom stereocenters. The van der Waals surface area contributed by atoms with Crippen LogP contribution < -0.4 is 5.32 Å². The Bertz CT molecular complexity index is 745. The van der Waals surface area contributed by atoms with Gasteiger partial charge in [-0.25, -0.2) is 8.78 Å². The molecule has 2 aromatic carbocycles. The quantitative estimate of drug-likeness (QED) is 0.791. The molecule has 0 aromatic heterocycles. The van der Waals surface area contributed by atoms with E-state index in [2.05, 4.69) is 0 Å². The molecule has 0 fully saturated rings. The molecule has 0 heterocycles. The molecule has 0 spiro atoms. The van der Waals surface area contributed by atoms with Crippen LogP contribution in [0.2, 0.25) is 5.02 Å². The van der Waals surface area contributed by atoms with Crippen LogP contribution in [0.15, 0.2) is 36.4 Å². The highest BCUT2D eigenvalue weighted by atomic mass is 35.5. The second-order valence-corrected chi connectivity index (χ2v) is 5.07. The molecule has 0 saturated carbocycles. The van der Waals surface area contributed by atoms with Crippen molar-refractivity contribution in [2.24, 2.45) is 0 Å². The standard InChI is InChI=1S/C15H9ClF5NO/c16-10-3-1-8(5-12(10)18)6-14(23)22-13-7-9(15(19,20)21)2-4-11(13)17/h1-5,7H,6H2,(H,22,23). The van der Waals surface area contributed by atoms with Crippen molar-refractivity contribution in [3.63, 3.8) is 0 Å². The molecule has 0 radical (unpaired) electrons. The summed E-state index contributed by atoms with van der Waals surface area (Å²) in [5, 5.41) is 1.91. The Hall–Kier alpha value is -2.15. The molecule has 23 heavy (non-hydrogen) atoms. The van der Waals surface area contributed by atoms with Gasteiger partial charge in [-0.2, -0.15) is 13.2 Å². The Kier molecular flexibility index (Phi) is 4.89. The van der Waals surface area contributed by atoms with E-state index in [0.29, 0.717) is 18.2 Å². The third-order valence-corrected chi connectivity index (χ3v) is 3.22. The molecule has 0 atom stereocenters. The summed E-state index contributed by atoms with van der Waals surface area (Å²) in [5.74, 6) is -2.53. The Balaban J connectivity index is 2.15. The molecule has 8 heteroatoms. The van der Waals surface area contributed by atoms with Crippen molar-refractivity contribution in [3.05, 3.63) is 64.2 Å². The highest BCUT2D eigenvalue weighted by molar-refractivity contribution is 6.30. The van der Waals surface area contributed by atoms with Gasteiger partial charge in [-0.05, 0) is 35.9 Å². The third-order valence-electron chi connectivity index (χ3n) is 2.92. The molecular weight excluding hydrogens is 341 g/mol. The molecule has 0 saturated heterocycles. The third kappa shape index (κ3) is 4.41. The lowest BCUT2D eigenvalue weighted by atomic mass is 10.1. The average Bonchev–Trinajstić information content (AvgIpc) is 2.44. The predicted octanol–water partition coefficient (Wildman–Crippen LogP) is 4.82. The van der Waals surface area contributed by atoms with Crippen molar-refractivity contribution in [2.45, 2.75) is 12.6 Å². The lowest BCUT2D eigenvalue weighted by molar-refractivity contribution is -0.137. The van der Waals surface area contributed by atoms with Gasteiger partial charge >= 0.3 is 6.18 Å². The minimum atomic E-state index is -4.66. The maximum atomic E-state index is 13.5. The lowest BCUT2D eigenvalue weighted by Crippen LogP contribution is -2.16. The first-order valence-corrected chi connectivity index (χ1v) is 6.65. The molecule has 122 valence electrons. The fourth-order valence-corrected chi connectivity index (χ4v) is 1.94. The van der Waals surface area contributed by atoms with Crippen LogP contribution in [-0.2, 0) is 17.4 Å². The summed E-state index contributed by atoms with van der Waals surface area (Å²) in [4.78, 5) is 11.8. The van der Waals surface area contributed by atoms with Crippen LogP contribution in [-0.4, -0.2) is 5.91 Å². The van der Waals surface area contributed by atoms with Crippen molar-refractivity contribution in [1.82, 2.24) is 0 Å². The normalized spacial score (nSPS) is 11.4. The zero-order chi connectivity index (χ0) is 17.2. The monoisotopic (exact) mass is 349 g/mol. The molecule has 2 aromatic rings. The minimum Gasteiger partial charge on any atom is -0.323 e. The zero-order valence-corrected chi connectivity index (χ0v) is 12.1. The van der Waals surface area contributed by atoms with Crippen LogP contribution in [0.4, 0.5) is 27.6 Å². The SMILES string of the molecule is O=C(Cc1ccc(Cl)c(F)c1)Nc1cc(C(F)(F)F)ccc1F. The number of hydrogen-bond acceptors (Lipinski definition) is 1. The first-order valence-electron chi connectivity index (χ1n) is 6.27. The summed E-state index contributed by atoms with van der Waals surface area (Å²) in [5.41, 5.74) is -1.44. The fourth-order valence-electron chi connectivity index (χ4n) is 1.83. The number of carbonyl (C=O) groups excluding carboxylic acids is 1. The molecule has 0 aliphatic heterocycles. The summed E-state index contributed by atoms with van der Waals surface area (Å²) in [7, 11) is 0. The van der Waals surface area contributed by atoms with E-state index >= 15 is 0 Å². The minimum absolute atomic E-state index is 0.127. The molecule has 0 bridgehead atoms. The van der Waals surface area contributed by atoms with Crippen molar-refractivity contribution in [1.29, 1.82) is 0 Å². The van der Waals surface area contributed by atoms with Crippen LogP contribution in [0.25, 0.3) is 0 Å². The number of benzene rings is 2. The van der Waals surface area contributed by atoms with Gasteiger partial charge in [0.15, 0.2) is 0 Å². The van der Waals surface area contributed by atoms with Crippen LogP contribution in [0.3, 0.4) is 0 Å². The van der Waals surface area contributed by atoms with Crippen molar-refractivity contribution in [2.75, 3.05) is 5.32 Å². The Morgan fingerprint density at radius 2 is 1.74 bits per heavy atom. The van der Waals surface area contributed by atoms with E-state index in [-0.39, 0.29) is 17.0 Å². The molecule has 0 aliphatic rings. The van der Waals surface area contributed by atoms with Gasteiger partial charge < -0.3 is 5.32 Å². The van der Waals surface area contributed by atoms with E-state index in [9.17, 15) is 26.7 Å². The molecule has 2 nitrogen and oxygen atoms in total. The van der Waals surface area contributed by atoms with Crippen LogP contribution in [0.5, 0.6) is 0 Å². The largest absolute Gasteiger partial charge is 0.416 e. The summed E-state index contributed by atoms with van der Waals surface area (Å²) in [6.07, 6.45) is -5.00. The number of amides is 1. The molecular formula is C15H9ClF5NO. The second kappa shape index (κ2) is 6.54. The number of alkyl halides is 3. The van der Waals surface area contributed by atoms with Gasteiger partial charge in [0.05, 0.1) is 22.7 Å². The van der Waals surface area contributed by atoms with E-state index < -0.39 is 35.0 Å². The lowest BCUT2D eigenvalue weighted by Gasteiger charge is -2.11. The van der Waals surface area contributed by atoms with Crippen molar-refractivity contribution >= 4 is 23.2 Å². The summed E-state index contributed by atoms with van der Waals surface area (Å²) in [6, 6.07) is 5.32. The smallest absolute Gasteiger partial charge is 0.323 e. The Morgan fingerprint density at radius 1 is 1.04 bits per heavy atom. The van der Waals surface area contributed by atoms with Crippen LogP contribution in [0.1, 0.15) is 11.1 Å². The Labute approximate surface area is 132 Å². The maximum Gasteiger partial charge on any atom is 0.416 e. The number of carbonyl (C=O) groups is 1. The van der Waals surface area contributed by atoms with E-state index in [4.69, 9.17) is 11.6 Å². The van der Waals surface area contributed by atoms with Crippen molar-refractivity contribution < 1.29 is 26.7 Å². The van der Waals surface area contributed by atoms with E-state index in [0.717, 1.165) is 6.07 Å². The van der Waals surface area contributed by atoms with Gasteiger partial charge in [0.25, 0.3) is 0 Å². The first kappa shape index (κ1) is 17.2. The molecule has 2 rings (SSSR count). The number of anilines is 1. The molecule has 0 aliphatic carbocycles. The van der Waals surface area contributed by atoms with Gasteiger partial charge in [-0.3, -0.25) is 4.79 Å².